The molecule has 0 radical (unpaired) electrons. The van der Waals surface area contributed by atoms with Gasteiger partial charge < -0.3 is 0 Å². The summed E-state index contributed by atoms with van der Waals surface area (Å²) in [5.41, 5.74) is 4.86. The Morgan fingerprint density at radius 3 is 2.44 bits per heavy atom. The number of aryl methyl sites for hydroxylation is 2. The first kappa shape index (κ1) is 13.0. The van der Waals surface area contributed by atoms with Crippen molar-refractivity contribution in [1.82, 2.24) is 4.98 Å². The van der Waals surface area contributed by atoms with Crippen molar-refractivity contribution in [2.24, 2.45) is 0 Å². The Labute approximate surface area is 111 Å². The molecule has 0 aliphatic carbocycles. The summed E-state index contributed by atoms with van der Waals surface area (Å²) >= 11 is 0. The van der Waals surface area contributed by atoms with E-state index in [2.05, 4.69) is 37.9 Å². The normalized spacial score (nSPS) is 12.4. The fourth-order valence-corrected chi connectivity index (χ4v) is 3.18. The summed E-state index contributed by atoms with van der Waals surface area (Å²) in [5.74, 6) is 0.538. The number of aromatic nitrogens is 1. The van der Waals surface area contributed by atoms with E-state index >= 15 is 0 Å². The van der Waals surface area contributed by atoms with E-state index in [0.29, 0.717) is 10.8 Å². The largest absolute Gasteiger partial charge is 0.252 e. The summed E-state index contributed by atoms with van der Waals surface area (Å²) in [5, 5.41) is 0.651. The van der Waals surface area contributed by atoms with Crippen LogP contribution in [0.1, 0.15) is 22.3 Å². The topological polar surface area (TPSA) is 30.0 Å². The van der Waals surface area contributed by atoms with Crippen molar-refractivity contribution in [2.45, 2.75) is 31.6 Å². The standard InChI is InChI=1S/C15H17NOS/c1-11-7-8-12(2)14(13(11)3)10-18(17)15-6-4-5-9-16-15/h4-9H,10H2,1-3H3. The van der Waals surface area contributed by atoms with Crippen LogP contribution in [0.3, 0.4) is 0 Å². The van der Waals surface area contributed by atoms with Gasteiger partial charge >= 0.3 is 0 Å². The lowest BCUT2D eigenvalue weighted by Gasteiger charge is -2.11. The maximum atomic E-state index is 12.3. The molecule has 0 bridgehead atoms. The van der Waals surface area contributed by atoms with Crippen molar-refractivity contribution in [3.05, 3.63) is 58.8 Å². The second-order valence-corrected chi connectivity index (χ2v) is 5.86. The van der Waals surface area contributed by atoms with Crippen LogP contribution in [0.5, 0.6) is 0 Å². The average Bonchev–Trinajstić information content (AvgIpc) is 2.40. The van der Waals surface area contributed by atoms with Gasteiger partial charge in [-0.15, -0.1) is 0 Å². The van der Waals surface area contributed by atoms with Crippen LogP contribution in [-0.4, -0.2) is 9.19 Å². The molecule has 1 atom stereocenters. The maximum absolute atomic E-state index is 12.3. The van der Waals surface area contributed by atoms with E-state index < -0.39 is 10.8 Å². The molecule has 0 aliphatic rings. The van der Waals surface area contributed by atoms with Crippen LogP contribution < -0.4 is 0 Å². The van der Waals surface area contributed by atoms with Crippen LogP contribution in [0.15, 0.2) is 41.6 Å². The first-order chi connectivity index (χ1) is 8.59. The monoisotopic (exact) mass is 259 g/mol. The van der Waals surface area contributed by atoms with Gasteiger partial charge in [0.25, 0.3) is 0 Å². The molecule has 0 aliphatic heterocycles. The Hall–Kier alpha value is -1.48. The lowest BCUT2D eigenvalue weighted by Crippen LogP contribution is -2.03. The summed E-state index contributed by atoms with van der Waals surface area (Å²) < 4.78 is 12.3. The maximum Gasteiger partial charge on any atom is 0.127 e. The van der Waals surface area contributed by atoms with Crippen LogP contribution in [0.4, 0.5) is 0 Å². The third kappa shape index (κ3) is 2.67. The Morgan fingerprint density at radius 1 is 1.06 bits per heavy atom. The van der Waals surface area contributed by atoms with Crippen LogP contribution >= 0.6 is 0 Å². The van der Waals surface area contributed by atoms with Crippen molar-refractivity contribution < 1.29 is 4.21 Å². The molecule has 18 heavy (non-hydrogen) atoms. The molecule has 1 unspecified atom stereocenters. The average molecular weight is 259 g/mol. The number of hydrogen-bond acceptors (Lipinski definition) is 2. The second-order valence-electron chi connectivity index (χ2n) is 4.46. The minimum absolute atomic E-state index is 0.538. The predicted molar refractivity (Wildman–Crippen MR) is 75.0 cm³/mol. The molecule has 1 heterocycles. The smallest absolute Gasteiger partial charge is 0.127 e. The molecule has 0 N–H and O–H groups in total. The SMILES string of the molecule is Cc1ccc(C)c(CS(=O)c2ccccn2)c1C. The molecule has 1 aromatic heterocycles. The van der Waals surface area contributed by atoms with Gasteiger partial charge in [0.1, 0.15) is 5.03 Å². The Balaban J connectivity index is 2.30. The molecule has 2 rings (SSSR count). The van der Waals surface area contributed by atoms with Crippen molar-refractivity contribution in [2.75, 3.05) is 0 Å². The summed E-state index contributed by atoms with van der Waals surface area (Å²) in [6, 6.07) is 9.72. The highest BCUT2D eigenvalue weighted by molar-refractivity contribution is 7.84. The molecular formula is C15H17NOS. The first-order valence-corrected chi connectivity index (χ1v) is 7.26. The summed E-state index contributed by atoms with van der Waals surface area (Å²) in [7, 11) is -1.07. The van der Waals surface area contributed by atoms with Crippen molar-refractivity contribution in [3.63, 3.8) is 0 Å². The molecule has 2 aromatic rings. The van der Waals surface area contributed by atoms with Crippen LogP contribution in [0, 0.1) is 20.8 Å². The fraction of sp³-hybridized carbons (Fsp3) is 0.267. The zero-order valence-corrected chi connectivity index (χ0v) is 11.8. The number of nitrogens with zero attached hydrogens (tertiary/aromatic N) is 1. The lowest BCUT2D eigenvalue weighted by atomic mass is 10.00. The summed E-state index contributed by atoms with van der Waals surface area (Å²) in [6.07, 6.45) is 1.68. The van der Waals surface area contributed by atoms with E-state index in [0.717, 1.165) is 0 Å². The van der Waals surface area contributed by atoms with Gasteiger partial charge in [-0.3, -0.25) is 4.21 Å². The number of benzene rings is 1. The Kier molecular flexibility index (Phi) is 3.92. The molecule has 2 nitrogen and oxygen atoms in total. The van der Waals surface area contributed by atoms with E-state index in [1.807, 2.05) is 18.2 Å². The van der Waals surface area contributed by atoms with Crippen molar-refractivity contribution in [1.29, 1.82) is 0 Å². The van der Waals surface area contributed by atoms with Gasteiger partial charge in [0.05, 0.1) is 16.6 Å². The minimum Gasteiger partial charge on any atom is -0.252 e. The highest BCUT2D eigenvalue weighted by Gasteiger charge is 2.11. The highest BCUT2D eigenvalue weighted by atomic mass is 32.2. The third-order valence-electron chi connectivity index (χ3n) is 3.25. The predicted octanol–water partition coefficient (Wildman–Crippen LogP) is 3.31. The molecule has 0 fully saturated rings. The third-order valence-corrected chi connectivity index (χ3v) is 4.51. The summed E-state index contributed by atoms with van der Waals surface area (Å²) in [6.45, 7) is 6.24. The van der Waals surface area contributed by atoms with E-state index in [1.165, 1.54) is 22.3 Å². The van der Waals surface area contributed by atoms with E-state index in [-0.39, 0.29) is 0 Å². The molecule has 0 saturated heterocycles. The van der Waals surface area contributed by atoms with Gasteiger partial charge in [-0.2, -0.15) is 0 Å². The fourth-order valence-electron chi connectivity index (χ4n) is 1.92. The van der Waals surface area contributed by atoms with Crippen LogP contribution in [0.25, 0.3) is 0 Å². The molecule has 94 valence electrons. The number of hydrogen-bond donors (Lipinski definition) is 0. The van der Waals surface area contributed by atoms with Crippen molar-refractivity contribution in [3.8, 4) is 0 Å². The minimum atomic E-state index is -1.07. The van der Waals surface area contributed by atoms with Gasteiger partial charge in [-0.05, 0) is 55.2 Å². The van der Waals surface area contributed by atoms with Gasteiger partial charge in [-0.1, -0.05) is 18.2 Å². The van der Waals surface area contributed by atoms with Crippen molar-refractivity contribution >= 4 is 10.8 Å². The molecular weight excluding hydrogens is 242 g/mol. The zero-order chi connectivity index (χ0) is 13.1. The Bertz CT molecular complexity index is 579. The highest BCUT2D eigenvalue weighted by Crippen LogP contribution is 2.20. The second kappa shape index (κ2) is 5.44. The van der Waals surface area contributed by atoms with E-state index in [1.54, 1.807) is 6.20 Å². The van der Waals surface area contributed by atoms with E-state index in [4.69, 9.17) is 0 Å². The molecule has 0 saturated carbocycles. The van der Waals surface area contributed by atoms with Gasteiger partial charge in [0.15, 0.2) is 0 Å². The molecule has 0 amide bonds. The van der Waals surface area contributed by atoms with Gasteiger partial charge in [0, 0.05) is 6.20 Å². The molecule has 0 spiro atoms. The van der Waals surface area contributed by atoms with Crippen LogP contribution in [-0.2, 0) is 16.6 Å². The number of pyridine rings is 1. The molecule has 3 heteroatoms. The lowest BCUT2D eigenvalue weighted by molar-refractivity contribution is 0.679. The van der Waals surface area contributed by atoms with Gasteiger partial charge in [0.2, 0.25) is 0 Å². The Morgan fingerprint density at radius 2 is 1.78 bits per heavy atom. The first-order valence-electron chi connectivity index (χ1n) is 5.94. The van der Waals surface area contributed by atoms with E-state index in [9.17, 15) is 4.21 Å². The molecule has 1 aromatic carbocycles. The number of rotatable bonds is 3. The quantitative estimate of drug-likeness (QED) is 0.846. The van der Waals surface area contributed by atoms with Gasteiger partial charge in [-0.25, -0.2) is 4.98 Å². The zero-order valence-electron chi connectivity index (χ0n) is 10.9. The van der Waals surface area contributed by atoms with Crippen LogP contribution in [0.2, 0.25) is 0 Å². The summed E-state index contributed by atoms with van der Waals surface area (Å²) in [4.78, 5) is 4.16.